The zero-order valence-corrected chi connectivity index (χ0v) is 19.0. The lowest BCUT2D eigenvalue weighted by molar-refractivity contribution is -0.143. The van der Waals surface area contributed by atoms with Gasteiger partial charge >= 0.3 is 11.9 Å². The highest BCUT2D eigenvalue weighted by Gasteiger charge is 2.28. The van der Waals surface area contributed by atoms with E-state index < -0.39 is 0 Å². The van der Waals surface area contributed by atoms with Crippen molar-refractivity contribution in [2.75, 3.05) is 6.61 Å². The first-order chi connectivity index (χ1) is 16.6. The second-order valence-electron chi connectivity index (χ2n) is 8.38. The van der Waals surface area contributed by atoms with Gasteiger partial charge in [0, 0.05) is 36.3 Å². The molecule has 5 rings (SSSR count). The molecule has 0 bridgehead atoms. The summed E-state index contributed by atoms with van der Waals surface area (Å²) in [6.07, 6.45) is 5.79. The normalized spacial score (nSPS) is 15.2. The Morgan fingerprint density at radius 3 is 2.82 bits per heavy atom. The van der Waals surface area contributed by atoms with Gasteiger partial charge in [0.1, 0.15) is 6.10 Å². The lowest BCUT2D eigenvalue weighted by Crippen LogP contribution is -2.24. The minimum atomic E-state index is -0.371. The van der Waals surface area contributed by atoms with Gasteiger partial charge in [-0.1, -0.05) is 29.5 Å². The van der Waals surface area contributed by atoms with Gasteiger partial charge in [0.25, 0.3) is 0 Å². The van der Waals surface area contributed by atoms with E-state index in [4.69, 9.17) is 9.47 Å². The molecule has 8 nitrogen and oxygen atoms in total. The molecule has 4 aromatic rings. The first-order valence-electron chi connectivity index (χ1n) is 11.6. The molecule has 34 heavy (non-hydrogen) atoms. The van der Waals surface area contributed by atoms with Gasteiger partial charge in [0.15, 0.2) is 0 Å². The van der Waals surface area contributed by atoms with Crippen molar-refractivity contribution < 1.29 is 19.1 Å². The average Bonchev–Trinajstić information content (AvgIpc) is 3.40. The number of para-hydroxylation sites is 1. The maximum absolute atomic E-state index is 13.0. The molecule has 0 spiro atoms. The van der Waals surface area contributed by atoms with Crippen LogP contribution in [0.5, 0.6) is 0 Å². The van der Waals surface area contributed by atoms with Gasteiger partial charge in [0.05, 0.1) is 29.9 Å². The number of aromatic nitrogens is 4. The molecule has 0 fully saturated rings. The molecule has 0 saturated carbocycles. The quantitative estimate of drug-likeness (QED) is 0.372. The van der Waals surface area contributed by atoms with Crippen LogP contribution in [-0.2, 0) is 33.7 Å². The highest BCUT2D eigenvalue weighted by molar-refractivity contribution is 6.06. The number of esters is 2. The summed E-state index contributed by atoms with van der Waals surface area (Å²) in [5, 5.41) is 9.35. The largest absolute Gasteiger partial charge is 0.466 e. The van der Waals surface area contributed by atoms with Crippen molar-refractivity contribution in [3.63, 3.8) is 0 Å². The second-order valence-corrected chi connectivity index (χ2v) is 8.38. The topological polar surface area (TPSA) is 88.2 Å². The summed E-state index contributed by atoms with van der Waals surface area (Å²) in [6.45, 7) is 2.59. The summed E-state index contributed by atoms with van der Waals surface area (Å²) < 4.78 is 14.6. The summed E-state index contributed by atoms with van der Waals surface area (Å²) in [6, 6.07) is 15.8. The number of carbonyl (C=O) groups is 2. The molecule has 8 heteroatoms. The van der Waals surface area contributed by atoms with Crippen molar-refractivity contribution in [1.29, 1.82) is 0 Å². The van der Waals surface area contributed by atoms with Gasteiger partial charge in [0.2, 0.25) is 0 Å². The predicted octanol–water partition coefficient (Wildman–Crippen LogP) is 3.89. The molecule has 0 amide bonds. The Bertz CT molecular complexity index is 1330. The molecule has 3 heterocycles. The third-order valence-electron chi connectivity index (χ3n) is 5.98. The highest BCUT2D eigenvalue weighted by Crippen LogP contribution is 2.32. The Labute approximate surface area is 197 Å². The van der Waals surface area contributed by atoms with E-state index >= 15 is 0 Å². The van der Waals surface area contributed by atoms with E-state index in [1.54, 1.807) is 11.6 Å². The zero-order chi connectivity index (χ0) is 23.5. The molecule has 1 unspecified atom stereocenters. The van der Waals surface area contributed by atoms with Gasteiger partial charge in [-0.05, 0) is 49.6 Å². The molecular formula is C26H26N4O4. The van der Waals surface area contributed by atoms with Crippen molar-refractivity contribution in [3.05, 3.63) is 77.7 Å². The van der Waals surface area contributed by atoms with E-state index in [-0.39, 0.29) is 18.0 Å². The van der Waals surface area contributed by atoms with Crippen LogP contribution in [0.25, 0.3) is 16.6 Å². The molecule has 1 aliphatic rings. The smallest absolute Gasteiger partial charge is 0.339 e. The summed E-state index contributed by atoms with van der Waals surface area (Å²) in [5.74, 6) is -0.525. The van der Waals surface area contributed by atoms with Crippen LogP contribution >= 0.6 is 0 Å². The molecule has 0 radical (unpaired) electrons. The predicted molar refractivity (Wildman–Crippen MR) is 126 cm³/mol. The van der Waals surface area contributed by atoms with Gasteiger partial charge < -0.3 is 14.0 Å². The van der Waals surface area contributed by atoms with E-state index in [0.717, 1.165) is 27.8 Å². The van der Waals surface area contributed by atoms with Crippen LogP contribution in [-0.4, -0.2) is 44.2 Å². The van der Waals surface area contributed by atoms with Crippen molar-refractivity contribution >= 4 is 22.8 Å². The van der Waals surface area contributed by atoms with Crippen LogP contribution in [0, 0.1) is 0 Å². The molecule has 0 saturated heterocycles. The number of benzene rings is 2. The lowest BCUT2D eigenvalue weighted by atomic mass is 10.0. The van der Waals surface area contributed by atoms with Crippen LogP contribution in [0.1, 0.15) is 41.4 Å². The van der Waals surface area contributed by atoms with Gasteiger partial charge in [-0.2, -0.15) is 0 Å². The monoisotopic (exact) mass is 458 g/mol. The Morgan fingerprint density at radius 2 is 2.00 bits per heavy atom. The molecule has 2 aromatic carbocycles. The number of cyclic esters (lactones) is 1. The van der Waals surface area contributed by atoms with E-state index in [1.807, 2.05) is 42.6 Å². The number of nitrogens with zero attached hydrogens (tertiary/aromatic N) is 4. The lowest BCUT2D eigenvalue weighted by Gasteiger charge is -2.15. The van der Waals surface area contributed by atoms with Crippen LogP contribution in [0.2, 0.25) is 0 Å². The maximum atomic E-state index is 13.0. The van der Waals surface area contributed by atoms with E-state index in [9.17, 15) is 9.59 Å². The SMILES string of the molecule is CCOC(=O)CCCc1cn(CC2Cc3cn(-c4ccccc4)c4cccc(c34)C(=O)O2)nn1. The minimum Gasteiger partial charge on any atom is -0.466 e. The number of aryl methyl sites for hydroxylation is 1. The van der Waals surface area contributed by atoms with Crippen LogP contribution < -0.4 is 0 Å². The Hall–Kier alpha value is -3.94. The first-order valence-corrected chi connectivity index (χ1v) is 11.6. The van der Waals surface area contributed by atoms with Gasteiger partial charge in [-0.25, -0.2) is 9.48 Å². The van der Waals surface area contributed by atoms with Gasteiger partial charge in [-0.3, -0.25) is 4.79 Å². The molecule has 0 N–H and O–H groups in total. The molecule has 1 aliphatic heterocycles. The minimum absolute atomic E-state index is 0.200. The standard InChI is InChI=1S/C26H26N4O4/c1-2-33-24(31)13-6-8-19-16-29(28-27-19)17-21-14-18-15-30(20-9-4-3-5-10-20)23-12-7-11-22(25(18)23)26(32)34-21/h3-5,7,9-12,15-16,21H,2,6,8,13-14,17H2,1H3. The Morgan fingerprint density at radius 1 is 1.15 bits per heavy atom. The van der Waals surface area contributed by atoms with Crippen LogP contribution in [0.15, 0.2) is 60.9 Å². The zero-order valence-electron chi connectivity index (χ0n) is 19.0. The molecule has 174 valence electrons. The maximum Gasteiger partial charge on any atom is 0.339 e. The number of ether oxygens (including phenoxy) is 2. The average molecular weight is 459 g/mol. The van der Waals surface area contributed by atoms with E-state index in [2.05, 4.69) is 33.2 Å². The molecule has 2 aromatic heterocycles. The number of carbonyl (C=O) groups excluding carboxylic acids is 2. The molecule has 1 atom stereocenters. The fraction of sp³-hybridized carbons (Fsp3) is 0.308. The third kappa shape index (κ3) is 4.44. The van der Waals surface area contributed by atoms with Crippen LogP contribution in [0.4, 0.5) is 0 Å². The summed E-state index contributed by atoms with van der Waals surface area (Å²) in [4.78, 5) is 24.5. The molecule has 0 aliphatic carbocycles. The third-order valence-corrected chi connectivity index (χ3v) is 5.98. The van der Waals surface area contributed by atoms with Crippen molar-refractivity contribution in [1.82, 2.24) is 19.6 Å². The Balaban J connectivity index is 1.34. The summed E-state index contributed by atoms with van der Waals surface area (Å²) in [5.41, 5.74) is 4.49. The van der Waals surface area contributed by atoms with Crippen molar-refractivity contribution in [3.8, 4) is 5.69 Å². The summed E-state index contributed by atoms with van der Waals surface area (Å²) in [7, 11) is 0. The second kappa shape index (κ2) is 9.51. The molecular weight excluding hydrogens is 432 g/mol. The van der Waals surface area contributed by atoms with Crippen molar-refractivity contribution in [2.24, 2.45) is 0 Å². The van der Waals surface area contributed by atoms with E-state index in [0.29, 0.717) is 44.4 Å². The first kappa shape index (κ1) is 21.9. The summed E-state index contributed by atoms with van der Waals surface area (Å²) >= 11 is 0. The number of rotatable bonds is 8. The van der Waals surface area contributed by atoms with Gasteiger partial charge in [-0.15, -0.1) is 5.10 Å². The number of hydrogen-bond donors (Lipinski definition) is 0. The van der Waals surface area contributed by atoms with Crippen molar-refractivity contribution in [2.45, 2.75) is 45.3 Å². The Kier molecular flexibility index (Phi) is 6.12. The number of hydrogen-bond acceptors (Lipinski definition) is 6. The van der Waals surface area contributed by atoms with E-state index in [1.165, 1.54) is 0 Å². The fourth-order valence-corrected chi connectivity index (χ4v) is 4.50. The van der Waals surface area contributed by atoms with Crippen LogP contribution in [0.3, 0.4) is 0 Å². The highest BCUT2D eigenvalue weighted by atomic mass is 16.5. The fourth-order valence-electron chi connectivity index (χ4n) is 4.50.